The lowest BCUT2D eigenvalue weighted by Crippen LogP contribution is -2.06. The molecule has 18 heavy (non-hydrogen) atoms. The van der Waals surface area contributed by atoms with Crippen LogP contribution >= 0.6 is 15.9 Å². The molecule has 0 radical (unpaired) electrons. The molecule has 3 rings (SSSR count). The van der Waals surface area contributed by atoms with E-state index >= 15 is 0 Å². The Morgan fingerprint density at radius 3 is 2.56 bits per heavy atom. The van der Waals surface area contributed by atoms with Gasteiger partial charge in [-0.05, 0) is 70.9 Å². The van der Waals surface area contributed by atoms with Gasteiger partial charge in [-0.25, -0.2) is 0 Å². The van der Waals surface area contributed by atoms with E-state index < -0.39 is 0 Å². The van der Waals surface area contributed by atoms with Crippen LogP contribution in [0.1, 0.15) is 40.1 Å². The van der Waals surface area contributed by atoms with Crippen LogP contribution in [0.4, 0.5) is 0 Å². The summed E-state index contributed by atoms with van der Waals surface area (Å²) in [6, 6.07) is 9.45. The number of furan rings is 1. The third-order valence-electron chi connectivity index (χ3n) is 3.41. The average molecular weight is 305 g/mol. The average Bonchev–Trinajstić information content (AvgIpc) is 2.84. The number of hydrogen-bond acceptors (Lipinski definition) is 2. The number of halogens is 1. The Labute approximate surface area is 114 Å². The molecule has 0 spiro atoms. The zero-order valence-corrected chi connectivity index (χ0v) is 11.5. The number of hydrogen-bond donors (Lipinski definition) is 0. The van der Waals surface area contributed by atoms with Crippen molar-refractivity contribution in [2.75, 3.05) is 0 Å². The summed E-state index contributed by atoms with van der Waals surface area (Å²) in [5, 5.41) is 0. The third kappa shape index (κ3) is 2.15. The minimum Gasteiger partial charge on any atom is -0.446 e. The molecule has 1 heterocycles. The van der Waals surface area contributed by atoms with Crippen molar-refractivity contribution in [1.82, 2.24) is 0 Å². The Hall–Kier alpha value is -1.35. The first kappa shape index (κ1) is 11.7. The van der Waals surface area contributed by atoms with Crippen molar-refractivity contribution in [3.63, 3.8) is 0 Å². The van der Waals surface area contributed by atoms with Crippen molar-refractivity contribution in [3.05, 3.63) is 57.5 Å². The van der Waals surface area contributed by atoms with Crippen LogP contribution in [-0.2, 0) is 12.8 Å². The van der Waals surface area contributed by atoms with Crippen LogP contribution in [0.2, 0.25) is 0 Å². The maximum atomic E-state index is 12.2. The second-order valence-electron chi connectivity index (χ2n) is 4.62. The van der Waals surface area contributed by atoms with Gasteiger partial charge in [0.1, 0.15) is 0 Å². The first-order valence-corrected chi connectivity index (χ1v) is 6.95. The molecule has 3 heteroatoms. The molecule has 0 amide bonds. The number of benzene rings is 1. The molecule has 0 unspecified atom stereocenters. The molecular weight excluding hydrogens is 292 g/mol. The second-order valence-corrected chi connectivity index (χ2v) is 5.41. The predicted molar refractivity (Wildman–Crippen MR) is 72.9 cm³/mol. The fraction of sp³-hybridized carbons (Fsp3) is 0.267. The van der Waals surface area contributed by atoms with Crippen molar-refractivity contribution in [3.8, 4) is 0 Å². The van der Waals surface area contributed by atoms with Gasteiger partial charge in [-0.1, -0.05) is 12.1 Å². The lowest BCUT2D eigenvalue weighted by Gasteiger charge is -2.15. The Morgan fingerprint density at radius 2 is 1.83 bits per heavy atom. The molecule has 1 aliphatic carbocycles. The van der Waals surface area contributed by atoms with E-state index in [4.69, 9.17) is 4.42 Å². The van der Waals surface area contributed by atoms with E-state index in [2.05, 4.69) is 22.0 Å². The molecule has 1 aromatic carbocycles. The maximum absolute atomic E-state index is 12.2. The summed E-state index contributed by atoms with van der Waals surface area (Å²) in [5.74, 6) is 0.340. The zero-order chi connectivity index (χ0) is 12.5. The Kier molecular flexibility index (Phi) is 3.08. The largest absolute Gasteiger partial charge is 0.446 e. The van der Waals surface area contributed by atoms with E-state index in [9.17, 15) is 4.79 Å². The van der Waals surface area contributed by atoms with Gasteiger partial charge in [0.2, 0.25) is 5.78 Å². The highest BCUT2D eigenvalue weighted by Gasteiger charge is 2.16. The first-order chi connectivity index (χ1) is 8.74. The highest BCUT2D eigenvalue weighted by atomic mass is 79.9. The van der Waals surface area contributed by atoms with Crippen molar-refractivity contribution in [1.29, 1.82) is 0 Å². The summed E-state index contributed by atoms with van der Waals surface area (Å²) >= 11 is 3.21. The highest BCUT2D eigenvalue weighted by molar-refractivity contribution is 9.10. The molecule has 1 aromatic heterocycles. The SMILES string of the molecule is O=C(c1ccc2c(c1)CCCC2)c1ccc(Br)o1. The molecule has 0 atom stereocenters. The number of fused-ring (bicyclic) bond motifs is 1. The molecule has 0 aliphatic heterocycles. The molecule has 0 saturated heterocycles. The maximum Gasteiger partial charge on any atom is 0.228 e. The summed E-state index contributed by atoms with van der Waals surface area (Å²) < 4.78 is 5.90. The van der Waals surface area contributed by atoms with Gasteiger partial charge in [0.25, 0.3) is 0 Å². The zero-order valence-electron chi connectivity index (χ0n) is 9.91. The summed E-state index contributed by atoms with van der Waals surface area (Å²) in [7, 11) is 0. The lowest BCUT2D eigenvalue weighted by molar-refractivity contribution is 0.101. The minimum atomic E-state index is -0.0472. The van der Waals surface area contributed by atoms with Gasteiger partial charge < -0.3 is 4.42 Å². The molecular formula is C15H13BrO2. The van der Waals surface area contributed by atoms with E-state index in [0.29, 0.717) is 10.4 Å². The highest BCUT2D eigenvalue weighted by Crippen LogP contribution is 2.24. The Morgan fingerprint density at radius 1 is 1.06 bits per heavy atom. The standard InChI is InChI=1S/C15H13BrO2/c16-14-8-7-13(18-14)15(17)12-6-5-10-3-1-2-4-11(10)9-12/h5-9H,1-4H2. The quantitative estimate of drug-likeness (QED) is 0.780. The molecule has 0 bridgehead atoms. The molecule has 92 valence electrons. The van der Waals surface area contributed by atoms with E-state index in [1.807, 2.05) is 12.1 Å². The van der Waals surface area contributed by atoms with Crippen LogP contribution in [0.5, 0.6) is 0 Å². The molecule has 0 N–H and O–H groups in total. The number of aryl methyl sites for hydroxylation is 2. The van der Waals surface area contributed by atoms with E-state index in [1.165, 1.54) is 24.0 Å². The van der Waals surface area contributed by atoms with Gasteiger partial charge in [0.05, 0.1) is 0 Å². The fourth-order valence-corrected chi connectivity index (χ4v) is 2.76. The van der Waals surface area contributed by atoms with Crippen molar-refractivity contribution >= 4 is 21.7 Å². The van der Waals surface area contributed by atoms with Gasteiger partial charge in [-0.2, -0.15) is 0 Å². The summed E-state index contributed by atoms with van der Waals surface area (Å²) in [4.78, 5) is 12.2. The van der Waals surface area contributed by atoms with Gasteiger partial charge in [-0.3, -0.25) is 4.79 Å². The fourth-order valence-electron chi connectivity index (χ4n) is 2.45. The Balaban J connectivity index is 1.95. The lowest BCUT2D eigenvalue weighted by atomic mass is 9.89. The van der Waals surface area contributed by atoms with E-state index in [0.717, 1.165) is 18.4 Å². The van der Waals surface area contributed by atoms with Gasteiger partial charge >= 0.3 is 0 Å². The van der Waals surface area contributed by atoms with Gasteiger partial charge in [0, 0.05) is 5.56 Å². The minimum absolute atomic E-state index is 0.0472. The summed E-state index contributed by atoms with van der Waals surface area (Å²) in [5.41, 5.74) is 3.42. The van der Waals surface area contributed by atoms with Gasteiger partial charge in [0.15, 0.2) is 10.4 Å². The van der Waals surface area contributed by atoms with Crippen molar-refractivity contribution in [2.45, 2.75) is 25.7 Å². The van der Waals surface area contributed by atoms with Crippen LogP contribution in [0.15, 0.2) is 39.4 Å². The molecule has 1 aliphatic rings. The van der Waals surface area contributed by atoms with Crippen LogP contribution in [0.25, 0.3) is 0 Å². The smallest absolute Gasteiger partial charge is 0.228 e. The molecule has 0 fully saturated rings. The van der Waals surface area contributed by atoms with E-state index in [-0.39, 0.29) is 5.78 Å². The summed E-state index contributed by atoms with van der Waals surface area (Å²) in [6.45, 7) is 0. The van der Waals surface area contributed by atoms with Crippen LogP contribution in [0, 0.1) is 0 Å². The van der Waals surface area contributed by atoms with Crippen molar-refractivity contribution in [2.24, 2.45) is 0 Å². The van der Waals surface area contributed by atoms with Crippen LogP contribution < -0.4 is 0 Å². The Bertz CT molecular complexity index is 598. The topological polar surface area (TPSA) is 30.2 Å². The monoisotopic (exact) mass is 304 g/mol. The van der Waals surface area contributed by atoms with Crippen molar-refractivity contribution < 1.29 is 9.21 Å². The predicted octanol–water partition coefficient (Wildman–Crippen LogP) is 4.15. The number of carbonyl (C=O) groups is 1. The number of rotatable bonds is 2. The molecule has 0 saturated carbocycles. The first-order valence-electron chi connectivity index (χ1n) is 6.16. The molecule has 2 aromatic rings. The number of ketones is 1. The second kappa shape index (κ2) is 4.73. The normalized spacial score (nSPS) is 14.3. The summed E-state index contributed by atoms with van der Waals surface area (Å²) in [6.07, 6.45) is 4.69. The van der Waals surface area contributed by atoms with Crippen LogP contribution in [0.3, 0.4) is 0 Å². The van der Waals surface area contributed by atoms with Crippen LogP contribution in [-0.4, -0.2) is 5.78 Å². The number of carbonyl (C=O) groups excluding carboxylic acids is 1. The van der Waals surface area contributed by atoms with E-state index in [1.54, 1.807) is 12.1 Å². The molecule has 2 nitrogen and oxygen atoms in total. The third-order valence-corrected chi connectivity index (χ3v) is 3.83. The van der Waals surface area contributed by atoms with Gasteiger partial charge in [-0.15, -0.1) is 0 Å².